The van der Waals surface area contributed by atoms with Gasteiger partial charge in [0.1, 0.15) is 5.60 Å². The Morgan fingerprint density at radius 1 is 0.842 bits per heavy atom. The lowest BCUT2D eigenvalue weighted by Gasteiger charge is -2.45. The smallest absolute Gasteiger partial charge is 0.120 e. The van der Waals surface area contributed by atoms with Gasteiger partial charge in [-0.3, -0.25) is 0 Å². The van der Waals surface area contributed by atoms with E-state index in [4.69, 9.17) is 0 Å². The molecule has 0 heterocycles. The molecule has 1 N–H and O–H groups in total. The molecule has 0 spiro atoms. The van der Waals surface area contributed by atoms with E-state index in [-0.39, 0.29) is 5.41 Å². The lowest BCUT2D eigenvalue weighted by molar-refractivity contribution is -0.0290. The van der Waals surface area contributed by atoms with Gasteiger partial charge in [0.25, 0.3) is 0 Å². The normalized spacial score (nSPS) is 16.6. The van der Waals surface area contributed by atoms with Crippen LogP contribution in [0.2, 0.25) is 0 Å². The highest BCUT2D eigenvalue weighted by Gasteiger charge is 2.47. The number of aliphatic hydroxyl groups is 1. The molecule has 2 aromatic rings. The lowest BCUT2D eigenvalue weighted by atomic mass is 9.63. The van der Waals surface area contributed by atoms with Gasteiger partial charge in [-0.25, -0.2) is 0 Å². The summed E-state index contributed by atoms with van der Waals surface area (Å²) in [6, 6.07) is 16.5. The van der Waals surface area contributed by atoms with Crippen molar-refractivity contribution < 1.29 is 5.11 Å². The molecule has 3 rings (SSSR count). The topological polar surface area (TPSA) is 20.2 Å². The molecule has 0 amide bonds. The Morgan fingerprint density at radius 2 is 1.26 bits per heavy atom. The largest absolute Gasteiger partial charge is 0.380 e. The number of hydrogen-bond acceptors (Lipinski definition) is 1. The molecule has 0 aromatic heterocycles. The molecule has 0 fully saturated rings. The monoisotopic (exact) mass is 252 g/mol. The molecule has 0 saturated heterocycles. The minimum Gasteiger partial charge on any atom is -0.380 e. The quantitative estimate of drug-likeness (QED) is 0.754. The van der Waals surface area contributed by atoms with Crippen LogP contribution < -0.4 is 0 Å². The number of rotatable bonds is 0. The van der Waals surface area contributed by atoms with E-state index in [9.17, 15) is 5.11 Å². The summed E-state index contributed by atoms with van der Waals surface area (Å²) in [5.74, 6) is 0. The molecule has 98 valence electrons. The first-order chi connectivity index (χ1) is 8.94. The second kappa shape index (κ2) is 3.94. The highest BCUT2D eigenvalue weighted by Crippen LogP contribution is 2.49. The summed E-state index contributed by atoms with van der Waals surface area (Å²) in [5.41, 5.74) is 3.41. The van der Waals surface area contributed by atoms with E-state index in [1.54, 1.807) is 0 Å². The zero-order valence-electron chi connectivity index (χ0n) is 11.8. The van der Waals surface area contributed by atoms with Gasteiger partial charge in [-0.2, -0.15) is 0 Å². The molecule has 0 aliphatic heterocycles. The number of fused-ring (bicyclic) bond motifs is 2. The van der Waals surface area contributed by atoms with E-state index in [1.165, 1.54) is 11.1 Å². The van der Waals surface area contributed by atoms with Crippen molar-refractivity contribution in [2.75, 3.05) is 0 Å². The molecular weight excluding hydrogens is 232 g/mol. The minimum atomic E-state index is -0.918. The first-order valence-corrected chi connectivity index (χ1v) is 6.84. The maximum Gasteiger partial charge on any atom is 0.120 e. The number of hydrogen-bond donors (Lipinski definition) is 1. The fourth-order valence-electron chi connectivity index (χ4n) is 3.21. The van der Waals surface area contributed by atoms with Crippen molar-refractivity contribution in [3.05, 3.63) is 70.8 Å². The molecule has 0 unspecified atom stereocenters. The molecule has 0 bridgehead atoms. The Labute approximate surface area is 114 Å². The zero-order chi connectivity index (χ0) is 13.7. The van der Waals surface area contributed by atoms with Crippen molar-refractivity contribution in [1.29, 1.82) is 0 Å². The summed E-state index contributed by atoms with van der Waals surface area (Å²) in [6.45, 7) is 6.31. The van der Waals surface area contributed by atoms with Crippen molar-refractivity contribution in [3.8, 4) is 0 Å². The molecular formula is C18H20O. The van der Waals surface area contributed by atoms with E-state index >= 15 is 0 Å². The van der Waals surface area contributed by atoms with Crippen molar-refractivity contribution in [2.45, 2.75) is 32.8 Å². The molecule has 1 aliphatic rings. The van der Waals surface area contributed by atoms with Crippen LogP contribution in [0.4, 0.5) is 0 Å². The van der Waals surface area contributed by atoms with Crippen LogP contribution >= 0.6 is 0 Å². The van der Waals surface area contributed by atoms with Crippen LogP contribution in [0, 0.1) is 5.41 Å². The molecule has 2 aromatic carbocycles. The van der Waals surface area contributed by atoms with Gasteiger partial charge in [0.15, 0.2) is 0 Å². The van der Waals surface area contributed by atoms with Crippen molar-refractivity contribution in [3.63, 3.8) is 0 Å². The predicted octanol–water partition coefficient (Wildman–Crippen LogP) is 3.87. The molecule has 0 radical (unpaired) electrons. The van der Waals surface area contributed by atoms with Gasteiger partial charge in [-0.1, -0.05) is 69.3 Å². The van der Waals surface area contributed by atoms with E-state index in [2.05, 4.69) is 57.2 Å². The summed E-state index contributed by atoms with van der Waals surface area (Å²) >= 11 is 0. The molecule has 1 nitrogen and oxygen atoms in total. The average molecular weight is 252 g/mol. The molecule has 19 heavy (non-hydrogen) atoms. The molecule has 1 aliphatic carbocycles. The Hall–Kier alpha value is -1.60. The van der Waals surface area contributed by atoms with E-state index < -0.39 is 5.60 Å². The van der Waals surface area contributed by atoms with Gasteiger partial charge in [0.05, 0.1) is 0 Å². The maximum atomic E-state index is 11.5. The summed E-state index contributed by atoms with van der Waals surface area (Å²) < 4.78 is 0. The highest BCUT2D eigenvalue weighted by atomic mass is 16.3. The van der Waals surface area contributed by atoms with Gasteiger partial charge in [-0.05, 0) is 34.1 Å². The second-order valence-electron chi connectivity index (χ2n) is 6.45. The van der Waals surface area contributed by atoms with Gasteiger partial charge >= 0.3 is 0 Å². The average Bonchev–Trinajstić information content (AvgIpc) is 2.38. The van der Waals surface area contributed by atoms with Crippen LogP contribution in [-0.4, -0.2) is 5.11 Å². The lowest BCUT2D eigenvalue weighted by Crippen LogP contribution is -2.44. The molecule has 0 saturated carbocycles. The van der Waals surface area contributed by atoms with E-state index in [1.807, 2.05) is 12.1 Å². The third kappa shape index (κ3) is 1.65. The first kappa shape index (κ1) is 12.4. The Bertz CT molecular complexity index is 574. The van der Waals surface area contributed by atoms with Crippen LogP contribution in [-0.2, 0) is 12.0 Å². The third-order valence-corrected chi connectivity index (χ3v) is 4.28. The minimum absolute atomic E-state index is 0.250. The molecule has 0 atom stereocenters. The summed E-state index contributed by atoms with van der Waals surface area (Å²) in [7, 11) is 0. The third-order valence-electron chi connectivity index (χ3n) is 4.28. The van der Waals surface area contributed by atoms with Crippen LogP contribution in [0.15, 0.2) is 48.5 Å². The summed E-state index contributed by atoms with van der Waals surface area (Å²) in [5, 5.41) is 11.5. The highest BCUT2D eigenvalue weighted by molar-refractivity contribution is 5.52. The van der Waals surface area contributed by atoms with Crippen molar-refractivity contribution in [2.24, 2.45) is 5.41 Å². The van der Waals surface area contributed by atoms with Gasteiger partial charge in [-0.15, -0.1) is 0 Å². The Kier molecular flexibility index (Phi) is 2.58. The predicted molar refractivity (Wildman–Crippen MR) is 78.1 cm³/mol. The fourth-order valence-corrected chi connectivity index (χ4v) is 3.21. The zero-order valence-corrected chi connectivity index (χ0v) is 11.8. The Morgan fingerprint density at radius 3 is 1.68 bits per heavy atom. The standard InChI is InChI=1S/C18H20O/c1-17(2,3)18(19)15-10-6-4-8-13(15)12-14-9-5-7-11-16(14)18/h4-11,19H,12H2,1-3H3. The van der Waals surface area contributed by atoms with Crippen LogP contribution in [0.25, 0.3) is 0 Å². The first-order valence-electron chi connectivity index (χ1n) is 6.84. The van der Waals surface area contributed by atoms with Crippen molar-refractivity contribution in [1.82, 2.24) is 0 Å². The summed E-state index contributed by atoms with van der Waals surface area (Å²) in [4.78, 5) is 0. The SMILES string of the molecule is CC(C)(C)C1(O)c2ccccc2Cc2ccccc21. The summed E-state index contributed by atoms with van der Waals surface area (Å²) in [6.07, 6.45) is 0.907. The fraction of sp³-hybridized carbons (Fsp3) is 0.333. The van der Waals surface area contributed by atoms with Crippen LogP contribution in [0.5, 0.6) is 0 Å². The van der Waals surface area contributed by atoms with Gasteiger partial charge in [0, 0.05) is 0 Å². The maximum absolute atomic E-state index is 11.5. The van der Waals surface area contributed by atoms with Crippen molar-refractivity contribution >= 4 is 0 Å². The van der Waals surface area contributed by atoms with Gasteiger partial charge < -0.3 is 5.11 Å². The van der Waals surface area contributed by atoms with E-state index in [0.29, 0.717) is 0 Å². The second-order valence-corrected chi connectivity index (χ2v) is 6.45. The van der Waals surface area contributed by atoms with E-state index in [0.717, 1.165) is 17.5 Å². The van der Waals surface area contributed by atoms with Crippen LogP contribution in [0.1, 0.15) is 43.0 Å². The van der Waals surface area contributed by atoms with Gasteiger partial charge in [0.2, 0.25) is 0 Å². The van der Waals surface area contributed by atoms with Crippen LogP contribution in [0.3, 0.4) is 0 Å². The number of benzene rings is 2. The Balaban J connectivity index is 2.35. The molecule has 1 heteroatoms.